The fourth-order valence-electron chi connectivity index (χ4n) is 4.80. The summed E-state index contributed by atoms with van der Waals surface area (Å²) in [6, 6.07) is 16.7. The van der Waals surface area contributed by atoms with Crippen molar-refractivity contribution < 1.29 is 38.1 Å². The van der Waals surface area contributed by atoms with Gasteiger partial charge in [0, 0.05) is 0 Å². The number of Topliss-reactive ketones (excluding diaryl/α,β-unsaturated/α-hetero) is 2. The number of hydrogen-bond donors (Lipinski definition) is 2. The van der Waals surface area contributed by atoms with Gasteiger partial charge >= 0.3 is 0 Å². The number of nitrogens with one attached hydrogen (secondary N) is 2. The predicted molar refractivity (Wildman–Crippen MR) is 196 cm³/mol. The summed E-state index contributed by atoms with van der Waals surface area (Å²) < 4.78 is 21.2. The molecular weight excluding hydrogens is 715 g/mol. The number of methoxy groups -OCH3 is 4. The van der Waals surface area contributed by atoms with Crippen LogP contribution in [-0.4, -0.2) is 63.9 Å². The Morgan fingerprint density at radius 1 is 0.596 bits per heavy atom. The van der Waals surface area contributed by atoms with Crippen molar-refractivity contribution in [2.45, 2.75) is 25.9 Å². The highest BCUT2D eigenvalue weighted by Gasteiger charge is 2.26. The summed E-state index contributed by atoms with van der Waals surface area (Å²) in [7, 11) is 5.77. The van der Waals surface area contributed by atoms with Crippen molar-refractivity contribution in [2.24, 2.45) is 20.5 Å². The van der Waals surface area contributed by atoms with E-state index >= 15 is 0 Å². The number of azo groups is 2. The highest BCUT2D eigenvalue weighted by atomic mass is 35.5. The van der Waals surface area contributed by atoms with E-state index in [-0.39, 0.29) is 27.2 Å². The van der Waals surface area contributed by atoms with Gasteiger partial charge in [0.15, 0.2) is 34.6 Å². The van der Waals surface area contributed by atoms with Crippen LogP contribution in [0.5, 0.6) is 23.0 Å². The van der Waals surface area contributed by atoms with Crippen LogP contribution in [0.15, 0.2) is 93.3 Å². The molecule has 2 unspecified atom stereocenters. The fourth-order valence-corrected chi connectivity index (χ4v) is 5.36. The molecule has 0 radical (unpaired) electrons. The zero-order valence-corrected chi connectivity index (χ0v) is 30.4. The first-order valence-electron chi connectivity index (χ1n) is 15.4. The Morgan fingerprint density at radius 2 is 1.04 bits per heavy atom. The lowest BCUT2D eigenvalue weighted by Crippen LogP contribution is -2.32. The van der Waals surface area contributed by atoms with Crippen molar-refractivity contribution in [3.8, 4) is 34.1 Å². The van der Waals surface area contributed by atoms with Crippen LogP contribution in [0.3, 0.4) is 0 Å². The van der Waals surface area contributed by atoms with E-state index in [2.05, 4.69) is 31.1 Å². The standard InChI is InChI=1S/C36H34Cl2N6O8/c1-19(45)30(35(47)39-26-9-7-11-28(49-3)33(26)51-5)42-41-23-15-13-21(14-16-23)22-17-24(37)32(25(38)18-22)44-43-31(20(2)46)36(48)40-27-10-8-12-29(50-4)34(27)52-6/h7-18,30-31H,1-6H3,(H,39,47)(H,40,48). The van der Waals surface area contributed by atoms with Crippen LogP contribution in [0.1, 0.15) is 13.8 Å². The first-order valence-corrected chi connectivity index (χ1v) is 16.1. The van der Waals surface area contributed by atoms with Gasteiger partial charge in [0.1, 0.15) is 5.69 Å². The summed E-state index contributed by atoms with van der Waals surface area (Å²) in [5.74, 6) is -1.21. The van der Waals surface area contributed by atoms with Gasteiger partial charge in [-0.1, -0.05) is 47.5 Å². The second-order valence-corrected chi connectivity index (χ2v) is 11.7. The number of hydrogen-bond acceptors (Lipinski definition) is 12. The number of halogens is 2. The Hall–Kier alpha value is -5.86. The molecule has 0 aliphatic carbocycles. The molecule has 0 saturated carbocycles. The molecule has 0 fully saturated rings. The van der Waals surface area contributed by atoms with E-state index in [1.165, 1.54) is 42.3 Å². The van der Waals surface area contributed by atoms with Gasteiger partial charge in [0.05, 0.1) is 55.5 Å². The Kier molecular flexibility index (Phi) is 13.4. The lowest BCUT2D eigenvalue weighted by Gasteiger charge is -2.15. The molecule has 14 nitrogen and oxygen atoms in total. The number of ketones is 2. The number of ether oxygens (including phenoxy) is 4. The lowest BCUT2D eigenvalue weighted by molar-refractivity contribution is -0.127. The number of carbonyl (C=O) groups excluding carboxylic acids is 4. The average molecular weight is 750 g/mol. The van der Waals surface area contributed by atoms with E-state index in [1.54, 1.807) is 72.8 Å². The van der Waals surface area contributed by atoms with Crippen LogP contribution in [0.4, 0.5) is 22.7 Å². The summed E-state index contributed by atoms with van der Waals surface area (Å²) in [4.78, 5) is 50.7. The maximum absolute atomic E-state index is 13.0. The van der Waals surface area contributed by atoms with E-state index in [1.807, 2.05) is 0 Å². The first-order chi connectivity index (χ1) is 24.9. The van der Waals surface area contributed by atoms with E-state index in [9.17, 15) is 19.2 Å². The van der Waals surface area contributed by atoms with Gasteiger partial charge in [-0.25, -0.2) is 0 Å². The third-order valence-corrected chi connectivity index (χ3v) is 7.94. The van der Waals surface area contributed by atoms with Crippen molar-refractivity contribution in [1.82, 2.24) is 0 Å². The van der Waals surface area contributed by atoms with Crippen LogP contribution < -0.4 is 29.6 Å². The molecule has 2 amide bonds. The molecule has 0 spiro atoms. The van der Waals surface area contributed by atoms with Crippen LogP contribution in [0.25, 0.3) is 11.1 Å². The zero-order valence-electron chi connectivity index (χ0n) is 28.9. The molecule has 52 heavy (non-hydrogen) atoms. The number of nitrogens with zero attached hydrogens (tertiary/aromatic N) is 4. The van der Waals surface area contributed by atoms with Crippen molar-refractivity contribution >= 4 is 69.3 Å². The fraction of sp³-hybridized carbons (Fsp3) is 0.222. The molecule has 2 atom stereocenters. The van der Waals surface area contributed by atoms with Gasteiger partial charge in [-0.05, 0) is 73.5 Å². The van der Waals surface area contributed by atoms with E-state index in [4.69, 9.17) is 42.1 Å². The molecule has 0 saturated heterocycles. The second kappa shape index (κ2) is 17.9. The summed E-state index contributed by atoms with van der Waals surface area (Å²) in [5, 5.41) is 21.6. The topological polar surface area (TPSA) is 179 Å². The summed E-state index contributed by atoms with van der Waals surface area (Å²) >= 11 is 13.1. The molecule has 0 aliphatic heterocycles. The predicted octanol–water partition coefficient (Wildman–Crippen LogP) is 8.05. The van der Waals surface area contributed by atoms with Crippen LogP contribution in [0, 0.1) is 0 Å². The van der Waals surface area contributed by atoms with Crippen molar-refractivity contribution in [3.05, 3.63) is 82.8 Å². The maximum Gasteiger partial charge on any atom is 0.258 e. The van der Waals surface area contributed by atoms with Gasteiger partial charge in [-0.3, -0.25) is 19.2 Å². The Morgan fingerprint density at radius 3 is 1.44 bits per heavy atom. The minimum atomic E-state index is -1.51. The van der Waals surface area contributed by atoms with E-state index in [0.717, 1.165) is 0 Å². The monoisotopic (exact) mass is 748 g/mol. The van der Waals surface area contributed by atoms with Crippen molar-refractivity contribution in [1.29, 1.82) is 0 Å². The van der Waals surface area contributed by atoms with E-state index in [0.29, 0.717) is 39.8 Å². The largest absolute Gasteiger partial charge is 0.493 e. The van der Waals surface area contributed by atoms with Gasteiger partial charge in [0.2, 0.25) is 12.1 Å². The highest BCUT2D eigenvalue weighted by molar-refractivity contribution is 6.39. The van der Waals surface area contributed by atoms with Crippen LogP contribution >= 0.6 is 23.2 Å². The molecule has 0 aliphatic rings. The van der Waals surface area contributed by atoms with Gasteiger partial charge in [0.25, 0.3) is 11.8 Å². The third kappa shape index (κ3) is 9.27. The molecule has 4 aromatic rings. The molecule has 0 heterocycles. The molecule has 16 heteroatoms. The number of anilines is 2. The van der Waals surface area contributed by atoms with Gasteiger partial charge < -0.3 is 29.6 Å². The summed E-state index contributed by atoms with van der Waals surface area (Å²) in [5.41, 5.74) is 2.29. The normalized spacial score (nSPS) is 12.2. The molecule has 2 N–H and O–H groups in total. The van der Waals surface area contributed by atoms with Crippen LogP contribution in [0.2, 0.25) is 10.0 Å². The number of carbonyl (C=O) groups is 4. The molecule has 4 rings (SSSR count). The zero-order chi connectivity index (χ0) is 37.9. The van der Waals surface area contributed by atoms with Crippen molar-refractivity contribution in [2.75, 3.05) is 39.1 Å². The maximum atomic E-state index is 13.0. The molecule has 4 aromatic carbocycles. The molecule has 0 bridgehead atoms. The number of para-hydroxylation sites is 2. The Balaban J connectivity index is 1.49. The van der Waals surface area contributed by atoms with Crippen LogP contribution in [-0.2, 0) is 19.2 Å². The minimum Gasteiger partial charge on any atom is -0.493 e. The molecular formula is C36H34Cl2N6O8. The van der Waals surface area contributed by atoms with Gasteiger partial charge in [-0.15, -0.1) is 0 Å². The smallest absolute Gasteiger partial charge is 0.258 e. The summed E-state index contributed by atoms with van der Waals surface area (Å²) in [6.07, 6.45) is 0. The number of benzene rings is 4. The SMILES string of the molecule is COc1cccc(NC(=O)C(N=Nc2ccc(-c3cc(Cl)c(N=NC(C(C)=O)C(=O)Nc4cccc(OC)c4OC)c(Cl)c3)cc2)C(C)=O)c1OC. The van der Waals surface area contributed by atoms with Crippen molar-refractivity contribution in [3.63, 3.8) is 0 Å². The average Bonchev–Trinajstić information content (AvgIpc) is 3.12. The highest BCUT2D eigenvalue weighted by Crippen LogP contribution is 2.39. The first kappa shape index (κ1) is 38.9. The summed E-state index contributed by atoms with van der Waals surface area (Å²) in [6.45, 7) is 2.44. The second-order valence-electron chi connectivity index (χ2n) is 10.9. The van der Waals surface area contributed by atoms with E-state index < -0.39 is 35.5 Å². The van der Waals surface area contributed by atoms with Gasteiger partial charge in [-0.2, -0.15) is 20.5 Å². The Bertz CT molecular complexity index is 2010. The number of amides is 2. The third-order valence-electron chi connectivity index (χ3n) is 7.37. The lowest BCUT2D eigenvalue weighted by atomic mass is 10.0. The Labute approximate surface area is 309 Å². The molecule has 0 aromatic heterocycles. The quantitative estimate of drug-likeness (QED) is 0.0905. The minimum absolute atomic E-state index is 0.0515. The number of rotatable bonds is 15. The molecule has 270 valence electrons.